The van der Waals surface area contributed by atoms with Crippen LogP contribution in [0, 0.1) is 0 Å². The Hall–Kier alpha value is -1.12. The van der Waals surface area contributed by atoms with Crippen molar-refractivity contribution in [2.24, 2.45) is 7.05 Å². The third kappa shape index (κ3) is 2.03. The predicted octanol–water partition coefficient (Wildman–Crippen LogP) is -0.0310. The van der Waals surface area contributed by atoms with E-state index < -0.39 is 21.5 Å². The van der Waals surface area contributed by atoms with Crippen LogP contribution in [0.1, 0.15) is 12.8 Å². The van der Waals surface area contributed by atoms with Gasteiger partial charge in [0.1, 0.15) is 5.54 Å². The number of halogens is 1. The van der Waals surface area contributed by atoms with E-state index in [4.69, 9.17) is 16.7 Å². The highest BCUT2D eigenvalue weighted by Gasteiger charge is 2.53. The summed E-state index contributed by atoms with van der Waals surface area (Å²) in [6.45, 7) is 0. The maximum absolute atomic E-state index is 12.0. The van der Waals surface area contributed by atoms with E-state index in [1.807, 2.05) is 0 Å². The number of aromatic nitrogens is 2. The first-order valence-electron chi connectivity index (χ1n) is 4.73. The third-order valence-corrected chi connectivity index (χ3v) is 4.63. The monoisotopic (exact) mass is 279 g/mol. The van der Waals surface area contributed by atoms with Gasteiger partial charge in [-0.1, -0.05) is 11.6 Å². The van der Waals surface area contributed by atoms with E-state index >= 15 is 0 Å². The smallest absolute Gasteiger partial charge is 0.324 e. The summed E-state index contributed by atoms with van der Waals surface area (Å²) in [7, 11) is -2.56. The number of nitrogens with zero attached hydrogens (tertiary/aromatic N) is 2. The number of carboxylic acid groups (broad SMARTS) is 1. The van der Waals surface area contributed by atoms with Gasteiger partial charge in [-0.2, -0.15) is 9.82 Å². The van der Waals surface area contributed by atoms with Crippen molar-refractivity contribution in [1.82, 2.24) is 14.5 Å². The summed E-state index contributed by atoms with van der Waals surface area (Å²) >= 11 is 5.71. The van der Waals surface area contributed by atoms with Crippen LogP contribution in [0.3, 0.4) is 0 Å². The Kier molecular flexibility index (Phi) is 2.68. The topological polar surface area (TPSA) is 101 Å². The molecule has 0 unspecified atom stereocenters. The van der Waals surface area contributed by atoms with E-state index in [1.54, 1.807) is 0 Å². The summed E-state index contributed by atoms with van der Waals surface area (Å²) in [5.74, 6) is -1.18. The van der Waals surface area contributed by atoms with Crippen molar-refractivity contribution in [3.05, 3.63) is 11.2 Å². The first kappa shape index (κ1) is 12.3. The molecule has 7 nitrogen and oxygen atoms in total. The molecule has 94 valence electrons. The highest BCUT2D eigenvalue weighted by atomic mass is 35.5. The molecule has 0 amide bonds. The fraction of sp³-hybridized carbons (Fsp3) is 0.500. The van der Waals surface area contributed by atoms with Gasteiger partial charge >= 0.3 is 5.97 Å². The van der Waals surface area contributed by atoms with Gasteiger partial charge in [0.15, 0.2) is 5.03 Å². The summed E-state index contributed by atoms with van der Waals surface area (Å²) in [4.78, 5) is 10.9. The summed E-state index contributed by atoms with van der Waals surface area (Å²) in [6.07, 6.45) is 1.74. The lowest BCUT2D eigenvalue weighted by atomic mass is 10.3. The molecule has 1 heterocycles. The lowest BCUT2D eigenvalue weighted by Crippen LogP contribution is -2.43. The van der Waals surface area contributed by atoms with E-state index in [-0.39, 0.29) is 22.9 Å². The number of aliphatic carboxylic acids is 1. The van der Waals surface area contributed by atoms with E-state index in [1.165, 1.54) is 13.2 Å². The van der Waals surface area contributed by atoms with Gasteiger partial charge in [0, 0.05) is 7.05 Å². The number of hydrogen-bond donors (Lipinski definition) is 2. The molecule has 0 spiro atoms. The maximum atomic E-state index is 12.0. The Morgan fingerprint density at radius 2 is 2.24 bits per heavy atom. The molecule has 0 saturated heterocycles. The van der Waals surface area contributed by atoms with Crippen LogP contribution >= 0.6 is 11.6 Å². The average molecular weight is 280 g/mol. The molecular weight excluding hydrogens is 270 g/mol. The molecule has 9 heteroatoms. The molecule has 0 aromatic carbocycles. The van der Waals surface area contributed by atoms with Crippen LogP contribution in [0.2, 0.25) is 5.02 Å². The Morgan fingerprint density at radius 3 is 2.59 bits per heavy atom. The second kappa shape index (κ2) is 3.69. The van der Waals surface area contributed by atoms with Gasteiger partial charge in [0.05, 0.1) is 11.2 Å². The third-order valence-electron chi connectivity index (χ3n) is 2.59. The number of nitrogens with one attached hydrogen (secondary N) is 1. The fourth-order valence-electron chi connectivity index (χ4n) is 1.49. The minimum atomic E-state index is -3.98. The Labute approximate surface area is 102 Å². The highest BCUT2D eigenvalue weighted by molar-refractivity contribution is 7.89. The normalized spacial score (nSPS) is 18.0. The van der Waals surface area contributed by atoms with Crippen molar-refractivity contribution >= 4 is 27.6 Å². The molecule has 0 radical (unpaired) electrons. The van der Waals surface area contributed by atoms with Crippen molar-refractivity contribution < 1.29 is 18.3 Å². The Morgan fingerprint density at radius 1 is 1.65 bits per heavy atom. The minimum absolute atomic E-state index is 0.0406. The van der Waals surface area contributed by atoms with E-state index in [2.05, 4.69) is 9.82 Å². The SMILES string of the molecule is Cn1ncc(Cl)c1S(=O)(=O)NC1(C(=O)O)CC1. The molecule has 1 fully saturated rings. The van der Waals surface area contributed by atoms with E-state index in [0.717, 1.165) is 4.68 Å². The fourth-order valence-corrected chi connectivity index (χ4v) is 3.57. The number of sulfonamides is 1. The van der Waals surface area contributed by atoms with Gasteiger partial charge in [0.2, 0.25) is 0 Å². The van der Waals surface area contributed by atoms with Crippen molar-refractivity contribution in [2.45, 2.75) is 23.4 Å². The first-order valence-corrected chi connectivity index (χ1v) is 6.59. The van der Waals surface area contributed by atoms with Gasteiger partial charge in [-0.25, -0.2) is 8.42 Å². The van der Waals surface area contributed by atoms with E-state index in [9.17, 15) is 13.2 Å². The molecule has 2 N–H and O–H groups in total. The molecule has 1 aliphatic rings. The molecular formula is C8H10ClN3O4S. The number of rotatable bonds is 4. The lowest BCUT2D eigenvalue weighted by Gasteiger charge is -2.13. The molecule has 0 aliphatic heterocycles. The van der Waals surface area contributed by atoms with Gasteiger partial charge in [-0.05, 0) is 12.8 Å². The van der Waals surface area contributed by atoms with Gasteiger partial charge in [-0.15, -0.1) is 0 Å². The van der Waals surface area contributed by atoms with Crippen molar-refractivity contribution in [1.29, 1.82) is 0 Å². The van der Waals surface area contributed by atoms with Crippen molar-refractivity contribution in [3.8, 4) is 0 Å². The summed E-state index contributed by atoms with van der Waals surface area (Å²) in [6, 6.07) is 0. The molecule has 0 bridgehead atoms. The van der Waals surface area contributed by atoms with Crippen LogP contribution in [0.25, 0.3) is 0 Å². The average Bonchev–Trinajstić information content (AvgIpc) is 2.87. The van der Waals surface area contributed by atoms with Crippen LogP contribution in [0.15, 0.2) is 11.2 Å². The molecule has 1 aromatic heterocycles. The summed E-state index contributed by atoms with van der Waals surface area (Å²) < 4.78 is 27.2. The lowest BCUT2D eigenvalue weighted by molar-refractivity contribution is -0.140. The van der Waals surface area contributed by atoms with Crippen molar-refractivity contribution in [3.63, 3.8) is 0 Å². The Balaban J connectivity index is 2.36. The second-order valence-corrected chi connectivity index (χ2v) is 5.92. The highest BCUT2D eigenvalue weighted by Crippen LogP contribution is 2.37. The van der Waals surface area contributed by atoms with Gasteiger partial charge < -0.3 is 5.11 Å². The standard InChI is InChI=1S/C8H10ClN3O4S/c1-12-6(5(9)4-10-12)17(15,16)11-8(2-3-8)7(13)14/h4,11H,2-3H2,1H3,(H,13,14). The molecule has 0 atom stereocenters. The quantitative estimate of drug-likeness (QED) is 0.806. The second-order valence-electron chi connectivity index (χ2n) is 3.91. The number of aryl methyl sites for hydroxylation is 1. The molecule has 1 aliphatic carbocycles. The maximum Gasteiger partial charge on any atom is 0.324 e. The predicted molar refractivity (Wildman–Crippen MR) is 58.1 cm³/mol. The summed E-state index contributed by atoms with van der Waals surface area (Å²) in [5, 5.41) is 12.3. The zero-order valence-corrected chi connectivity index (χ0v) is 10.4. The minimum Gasteiger partial charge on any atom is -0.480 e. The Bertz CT molecular complexity index is 556. The van der Waals surface area contributed by atoms with Crippen LogP contribution in [-0.2, 0) is 21.9 Å². The van der Waals surface area contributed by atoms with Gasteiger partial charge in [0.25, 0.3) is 10.0 Å². The first-order chi connectivity index (χ1) is 7.78. The molecule has 1 aromatic rings. The summed E-state index contributed by atoms with van der Waals surface area (Å²) in [5.41, 5.74) is -1.38. The molecule has 1 saturated carbocycles. The number of carbonyl (C=O) groups is 1. The number of carboxylic acids is 1. The molecule has 2 rings (SSSR count). The largest absolute Gasteiger partial charge is 0.480 e. The van der Waals surface area contributed by atoms with Crippen LogP contribution < -0.4 is 4.72 Å². The van der Waals surface area contributed by atoms with Crippen LogP contribution in [-0.4, -0.2) is 34.8 Å². The van der Waals surface area contributed by atoms with Gasteiger partial charge in [-0.3, -0.25) is 9.48 Å². The number of hydrogen-bond acceptors (Lipinski definition) is 4. The van der Waals surface area contributed by atoms with Crippen LogP contribution in [0.4, 0.5) is 0 Å². The van der Waals surface area contributed by atoms with E-state index in [0.29, 0.717) is 0 Å². The van der Waals surface area contributed by atoms with Crippen molar-refractivity contribution in [2.75, 3.05) is 0 Å². The zero-order chi connectivity index (χ0) is 12.8. The van der Waals surface area contributed by atoms with Crippen LogP contribution in [0.5, 0.6) is 0 Å². The zero-order valence-electron chi connectivity index (χ0n) is 8.84. The molecule has 17 heavy (non-hydrogen) atoms.